The minimum atomic E-state index is -0.782. The molecule has 1 aromatic carbocycles. The van der Waals surface area contributed by atoms with Gasteiger partial charge in [0.2, 0.25) is 23.8 Å². The van der Waals surface area contributed by atoms with Crippen LogP contribution in [0.4, 0.5) is 32.2 Å². The van der Waals surface area contributed by atoms with Crippen molar-refractivity contribution in [2.75, 3.05) is 22.1 Å². The van der Waals surface area contributed by atoms with Crippen LogP contribution in [0.15, 0.2) is 65.4 Å². The normalized spacial score (nSPS) is 18.4. The second-order valence-electron chi connectivity index (χ2n) is 10.3. The van der Waals surface area contributed by atoms with E-state index in [1.165, 1.54) is 24.4 Å². The fourth-order valence-electron chi connectivity index (χ4n) is 5.03. The molecule has 0 unspecified atom stereocenters. The molecule has 14 heteroatoms. The van der Waals surface area contributed by atoms with Crippen LogP contribution in [0.5, 0.6) is 5.75 Å². The number of carbonyl (C=O) groups excluding carboxylic acids is 1. The number of aromatic nitrogens is 6. The Morgan fingerprint density at radius 3 is 2.79 bits per heavy atom. The maximum absolute atomic E-state index is 14.6. The molecule has 4 aromatic heterocycles. The number of fused-ring (bicyclic) bond motifs is 1. The van der Waals surface area contributed by atoms with Crippen LogP contribution in [0.2, 0.25) is 0 Å². The first-order chi connectivity index (χ1) is 20.4. The van der Waals surface area contributed by atoms with Gasteiger partial charge in [-0.1, -0.05) is 15.9 Å². The van der Waals surface area contributed by atoms with Gasteiger partial charge < -0.3 is 20.3 Å². The van der Waals surface area contributed by atoms with Crippen LogP contribution in [-0.4, -0.2) is 54.1 Å². The fourth-order valence-corrected chi connectivity index (χ4v) is 5.36. The maximum atomic E-state index is 14.6. The van der Waals surface area contributed by atoms with Crippen LogP contribution in [0, 0.1) is 11.8 Å². The lowest BCUT2D eigenvalue weighted by molar-refractivity contribution is -0.117. The standard InChI is InChI=1S/C28H24BrF2N9O2/c29-16-5-7-22(19(30)10-16)42-18-11-21(26(41)33-17-6-8-23(31)32-13-17)40(14-18)28-35-25-2-1-9-39(25)27(36-28)34-24-12-20(37-38-24)15-3-4-15/h1-2,5-10,12-13,15,18,21H,3-4,11,14H2,(H,33,41)(H2,34,35,36,37,38)/t18-,21-/m0/s1. The molecule has 3 N–H and O–H groups in total. The van der Waals surface area contributed by atoms with Crippen molar-refractivity contribution >= 4 is 50.9 Å². The lowest BCUT2D eigenvalue weighted by Crippen LogP contribution is -2.40. The predicted molar refractivity (Wildman–Crippen MR) is 154 cm³/mol. The van der Waals surface area contributed by atoms with Crippen molar-refractivity contribution in [2.45, 2.75) is 37.3 Å². The number of rotatable bonds is 8. The first-order valence-electron chi connectivity index (χ1n) is 13.4. The molecule has 214 valence electrons. The monoisotopic (exact) mass is 635 g/mol. The van der Waals surface area contributed by atoms with Crippen LogP contribution in [0.25, 0.3) is 5.65 Å². The van der Waals surface area contributed by atoms with Gasteiger partial charge in [0.05, 0.1) is 18.4 Å². The van der Waals surface area contributed by atoms with Crippen molar-refractivity contribution in [3.63, 3.8) is 0 Å². The summed E-state index contributed by atoms with van der Waals surface area (Å²) in [6.45, 7) is 0.208. The topological polar surface area (TPSA) is 125 Å². The zero-order valence-corrected chi connectivity index (χ0v) is 23.6. The number of carbonyl (C=O) groups is 1. The van der Waals surface area contributed by atoms with Gasteiger partial charge in [0.15, 0.2) is 17.4 Å². The van der Waals surface area contributed by atoms with E-state index in [1.54, 1.807) is 15.4 Å². The number of anilines is 4. The number of nitrogens with zero attached hydrogens (tertiary/aromatic N) is 6. The van der Waals surface area contributed by atoms with Gasteiger partial charge in [0.1, 0.15) is 17.8 Å². The van der Waals surface area contributed by atoms with Gasteiger partial charge in [0.25, 0.3) is 0 Å². The second kappa shape index (κ2) is 10.7. The Balaban J connectivity index is 1.21. The van der Waals surface area contributed by atoms with Crippen molar-refractivity contribution in [1.82, 2.24) is 29.5 Å². The Bertz CT molecular complexity index is 1770. The van der Waals surface area contributed by atoms with E-state index in [9.17, 15) is 13.6 Å². The average Bonchev–Trinajstić information content (AvgIpc) is 3.33. The first-order valence-corrected chi connectivity index (χ1v) is 14.2. The molecule has 2 aliphatic rings. The number of pyridine rings is 1. The Kier molecular flexibility index (Phi) is 6.69. The van der Waals surface area contributed by atoms with E-state index < -0.39 is 23.9 Å². The summed E-state index contributed by atoms with van der Waals surface area (Å²) in [6.07, 6.45) is 5.01. The molecular formula is C28H24BrF2N9O2. The lowest BCUT2D eigenvalue weighted by atomic mass is 10.1. The van der Waals surface area contributed by atoms with Gasteiger partial charge >= 0.3 is 0 Å². The van der Waals surface area contributed by atoms with Crippen LogP contribution >= 0.6 is 15.9 Å². The van der Waals surface area contributed by atoms with Crippen LogP contribution < -0.4 is 20.3 Å². The highest BCUT2D eigenvalue weighted by atomic mass is 79.9. The molecular weight excluding hydrogens is 612 g/mol. The Morgan fingerprint density at radius 1 is 1.12 bits per heavy atom. The molecule has 1 saturated carbocycles. The quantitative estimate of drug-likeness (QED) is 0.199. The van der Waals surface area contributed by atoms with E-state index in [1.807, 2.05) is 24.4 Å². The summed E-state index contributed by atoms with van der Waals surface area (Å²) in [5, 5.41) is 13.5. The number of aromatic amines is 1. The number of ether oxygens (including phenoxy) is 1. The number of nitrogens with one attached hydrogen (secondary N) is 3. The predicted octanol–water partition coefficient (Wildman–Crippen LogP) is 5.17. The Morgan fingerprint density at radius 2 is 2.00 bits per heavy atom. The van der Waals surface area contributed by atoms with Crippen LogP contribution in [-0.2, 0) is 4.79 Å². The molecule has 1 aliphatic heterocycles. The maximum Gasteiger partial charge on any atom is 0.247 e. The second-order valence-corrected chi connectivity index (χ2v) is 11.2. The number of benzene rings is 1. The summed E-state index contributed by atoms with van der Waals surface area (Å²) in [5.41, 5.74) is 2.01. The molecule has 2 fully saturated rings. The summed E-state index contributed by atoms with van der Waals surface area (Å²) in [4.78, 5) is 28.4. The Hall–Kier alpha value is -4.59. The molecule has 0 bridgehead atoms. The average molecular weight is 636 g/mol. The summed E-state index contributed by atoms with van der Waals surface area (Å²) in [7, 11) is 0. The molecule has 1 saturated heterocycles. The molecule has 5 heterocycles. The zero-order valence-electron chi connectivity index (χ0n) is 22.0. The Labute approximate surface area is 246 Å². The van der Waals surface area contributed by atoms with Gasteiger partial charge in [-0.3, -0.25) is 14.3 Å². The molecule has 0 radical (unpaired) electrons. The molecule has 0 spiro atoms. The van der Waals surface area contributed by atoms with E-state index in [0.29, 0.717) is 33.5 Å². The molecule has 5 aromatic rings. The van der Waals surface area contributed by atoms with E-state index in [0.717, 1.165) is 24.6 Å². The highest BCUT2D eigenvalue weighted by Gasteiger charge is 2.40. The zero-order chi connectivity index (χ0) is 28.8. The minimum absolute atomic E-state index is 0.0715. The van der Waals surface area contributed by atoms with Gasteiger partial charge in [-0.15, -0.1) is 0 Å². The van der Waals surface area contributed by atoms with E-state index in [2.05, 4.69) is 41.7 Å². The lowest BCUT2D eigenvalue weighted by Gasteiger charge is -2.24. The molecule has 7 rings (SSSR count). The fraction of sp³-hybridized carbons (Fsp3) is 0.250. The molecule has 11 nitrogen and oxygen atoms in total. The van der Waals surface area contributed by atoms with Crippen molar-refractivity contribution in [3.05, 3.63) is 82.9 Å². The largest absolute Gasteiger partial charge is 0.485 e. The SMILES string of the molecule is O=C(Nc1ccc(F)nc1)[C@@H]1C[C@H](Oc2ccc(Br)cc2F)CN1c1nc(Nc2cc(C3CC3)[nH]n2)n2cccc2n1. The number of hydrogen-bond acceptors (Lipinski definition) is 8. The van der Waals surface area contributed by atoms with Gasteiger partial charge in [0, 0.05) is 34.8 Å². The minimum Gasteiger partial charge on any atom is -0.485 e. The van der Waals surface area contributed by atoms with Gasteiger partial charge in [-0.2, -0.15) is 19.5 Å². The highest BCUT2D eigenvalue weighted by molar-refractivity contribution is 9.10. The van der Waals surface area contributed by atoms with E-state index >= 15 is 0 Å². The highest BCUT2D eigenvalue weighted by Crippen LogP contribution is 2.39. The molecule has 2 atom stereocenters. The number of halogens is 3. The van der Waals surface area contributed by atoms with Crippen molar-refractivity contribution in [2.24, 2.45) is 0 Å². The summed E-state index contributed by atoms with van der Waals surface area (Å²) in [6, 6.07) is 12.0. The van der Waals surface area contributed by atoms with Crippen molar-refractivity contribution in [1.29, 1.82) is 0 Å². The first kappa shape index (κ1) is 26.3. The van der Waals surface area contributed by atoms with Crippen LogP contribution in [0.1, 0.15) is 30.9 Å². The third kappa shape index (κ3) is 5.36. The summed E-state index contributed by atoms with van der Waals surface area (Å²) < 4.78 is 36.4. The van der Waals surface area contributed by atoms with Gasteiger partial charge in [-0.25, -0.2) is 9.37 Å². The molecule has 1 amide bonds. The third-order valence-corrected chi connectivity index (χ3v) is 7.73. The van der Waals surface area contributed by atoms with Gasteiger partial charge in [-0.05, 0) is 55.3 Å². The third-order valence-electron chi connectivity index (χ3n) is 7.24. The summed E-state index contributed by atoms with van der Waals surface area (Å²) in [5.74, 6) is 0.359. The van der Waals surface area contributed by atoms with Crippen LogP contribution in [0.3, 0.4) is 0 Å². The number of amides is 1. The van der Waals surface area contributed by atoms with Crippen molar-refractivity contribution < 1.29 is 18.3 Å². The number of hydrogen-bond donors (Lipinski definition) is 3. The van der Waals surface area contributed by atoms with E-state index in [4.69, 9.17) is 14.7 Å². The van der Waals surface area contributed by atoms with Crippen molar-refractivity contribution in [3.8, 4) is 5.75 Å². The summed E-state index contributed by atoms with van der Waals surface area (Å²) >= 11 is 3.26. The number of H-pyrrole nitrogens is 1. The smallest absolute Gasteiger partial charge is 0.247 e. The molecule has 1 aliphatic carbocycles. The van der Waals surface area contributed by atoms with E-state index in [-0.39, 0.29) is 30.6 Å². The molecule has 42 heavy (non-hydrogen) atoms.